The van der Waals surface area contributed by atoms with Gasteiger partial charge >= 0.3 is 0 Å². The lowest BCUT2D eigenvalue weighted by atomic mass is 10.4. The molecule has 1 aliphatic rings. The molecule has 1 aliphatic heterocycles. The SMILES string of the molecule is NN1CCC=CS1. The van der Waals surface area contributed by atoms with Crippen LogP contribution in [0.3, 0.4) is 0 Å². The molecule has 1 heterocycles. The molecule has 0 aromatic heterocycles. The van der Waals surface area contributed by atoms with Crippen molar-refractivity contribution >= 4 is 11.9 Å². The molecule has 0 aromatic carbocycles. The fourth-order valence-electron chi connectivity index (χ4n) is 0.444. The first-order valence-corrected chi connectivity index (χ1v) is 3.07. The largest absolute Gasteiger partial charge is 0.259 e. The number of hydrazine groups is 1. The molecule has 0 bridgehead atoms. The summed E-state index contributed by atoms with van der Waals surface area (Å²) in [5.41, 5.74) is 0. The first-order chi connectivity index (χ1) is 3.39. The molecule has 7 heavy (non-hydrogen) atoms. The van der Waals surface area contributed by atoms with E-state index in [9.17, 15) is 0 Å². The van der Waals surface area contributed by atoms with Gasteiger partial charge in [-0.15, -0.1) is 0 Å². The van der Waals surface area contributed by atoms with Gasteiger partial charge < -0.3 is 0 Å². The van der Waals surface area contributed by atoms with E-state index in [-0.39, 0.29) is 0 Å². The van der Waals surface area contributed by atoms with Crippen LogP contribution in [0.1, 0.15) is 6.42 Å². The minimum absolute atomic E-state index is 0.973. The quantitative estimate of drug-likeness (QED) is 0.373. The predicted molar refractivity (Wildman–Crippen MR) is 32.2 cm³/mol. The van der Waals surface area contributed by atoms with Crippen molar-refractivity contribution in [1.82, 2.24) is 4.41 Å². The lowest BCUT2D eigenvalue weighted by Crippen LogP contribution is -2.24. The Bertz CT molecular complexity index is 81.8. The lowest BCUT2D eigenvalue weighted by Gasteiger charge is -2.13. The second-order valence-electron chi connectivity index (χ2n) is 1.41. The zero-order valence-electron chi connectivity index (χ0n) is 4.00. The molecule has 0 unspecified atom stereocenters. The highest BCUT2D eigenvalue weighted by Crippen LogP contribution is 2.11. The van der Waals surface area contributed by atoms with E-state index in [1.165, 1.54) is 0 Å². The molecule has 2 N–H and O–H groups in total. The van der Waals surface area contributed by atoms with E-state index in [1.54, 1.807) is 16.4 Å². The molecule has 0 spiro atoms. The van der Waals surface area contributed by atoms with Crippen LogP contribution < -0.4 is 5.84 Å². The Hall–Kier alpha value is 0.01000. The van der Waals surface area contributed by atoms with Crippen LogP contribution in [0.2, 0.25) is 0 Å². The molecule has 2 nitrogen and oxygen atoms in total. The number of nitrogens with zero attached hydrogens (tertiary/aromatic N) is 1. The fourth-order valence-corrected chi connectivity index (χ4v) is 1.03. The van der Waals surface area contributed by atoms with E-state index in [0.717, 1.165) is 13.0 Å². The van der Waals surface area contributed by atoms with Crippen molar-refractivity contribution in [1.29, 1.82) is 0 Å². The Morgan fingerprint density at radius 3 is 2.86 bits per heavy atom. The summed E-state index contributed by atoms with van der Waals surface area (Å²) in [5.74, 6) is 5.38. The summed E-state index contributed by atoms with van der Waals surface area (Å²) in [6.07, 6.45) is 3.21. The fraction of sp³-hybridized carbons (Fsp3) is 0.500. The molecule has 0 saturated heterocycles. The van der Waals surface area contributed by atoms with E-state index in [0.29, 0.717) is 0 Å². The van der Waals surface area contributed by atoms with Crippen LogP contribution in [0.4, 0.5) is 0 Å². The number of nitrogens with two attached hydrogens (primary N) is 1. The summed E-state index contributed by atoms with van der Waals surface area (Å²) in [4.78, 5) is 0. The third-order valence-electron chi connectivity index (χ3n) is 0.809. The van der Waals surface area contributed by atoms with Crippen LogP contribution in [0.5, 0.6) is 0 Å². The van der Waals surface area contributed by atoms with Crippen molar-refractivity contribution in [3.8, 4) is 0 Å². The molecule has 0 aromatic rings. The zero-order valence-corrected chi connectivity index (χ0v) is 4.82. The van der Waals surface area contributed by atoms with E-state index >= 15 is 0 Å². The average Bonchev–Trinajstić information content (AvgIpc) is 1.69. The molecule has 0 saturated carbocycles. The third kappa shape index (κ3) is 1.51. The lowest BCUT2D eigenvalue weighted by molar-refractivity contribution is 0.504. The highest BCUT2D eigenvalue weighted by molar-refractivity contribution is 7.99. The Morgan fingerprint density at radius 1 is 1.71 bits per heavy atom. The molecular formula is C4H8N2S. The molecule has 3 heteroatoms. The van der Waals surface area contributed by atoms with Gasteiger partial charge in [0, 0.05) is 6.54 Å². The molecule has 40 valence electrons. The van der Waals surface area contributed by atoms with Gasteiger partial charge in [-0.1, -0.05) is 6.08 Å². The van der Waals surface area contributed by atoms with Crippen molar-refractivity contribution < 1.29 is 0 Å². The van der Waals surface area contributed by atoms with Crippen LogP contribution in [0.15, 0.2) is 11.5 Å². The molecule has 0 amide bonds. The van der Waals surface area contributed by atoms with Gasteiger partial charge in [0.15, 0.2) is 0 Å². The minimum atomic E-state index is 0.973. The number of rotatable bonds is 0. The maximum atomic E-state index is 5.38. The summed E-state index contributed by atoms with van der Waals surface area (Å²) in [5, 5.41) is 2.00. The predicted octanol–water partition coefficient (Wildman–Crippen LogP) is 0.728. The molecule has 0 fully saturated rings. The third-order valence-corrected chi connectivity index (χ3v) is 1.58. The molecule has 0 radical (unpaired) electrons. The first kappa shape index (κ1) is 5.15. The Morgan fingerprint density at radius 2 is 2.57 bits per heavy atom. The molecular weight excluding hydrogens is 108 g/mol. The van der Waals surface area contributed by atoms with E-state index in [1.807, 2.05) is 5.41 Å². The Kier molecular flexibility index (Phi) is 1.73. The number of hydrogen-bond donors (Lipinski definition) is 1. The van der Waals surface area contributed by atoms with Gasteiger partial charge in [-0.3, -0.25) is 5.84 Å². The van der Waals surface area contributed by atoms with Gasteiger partial charge in [0.05, 0.1) is 0 Å². The van der Waals surface area contributed by atoms with E-state index in [2.05, 4.69) is 6.08 Å². The van der Waals surface area contributed by atoms with Gasteiger partial charge in [0.1, 0.15) is 0 Å². The summed E-state index contributed by atoms with van der Waals surface area (Å²) in [6, 6.07) is 0. The van der Waals surface area contributed by atoms with Crippen LogP contribution in [-0.4, -0.2) is 11.0 Å². The summed E-state index contributed by atoms with van der Waals surface area (Å²) in [7, 11) is 0. The maximum Gasteiger partial charge on any atom is 0.0280 e. The molecule has 0 atom stereocenters. The normalized spacial score (nSPS) is 23.0. The topological polar surface area (TPSA) is 29.3 Å². The Labute approximate surface area is 47.5 Å². The molecule has 1 rings (SSSR count). The first-order valence-electron chi connectivity index (χ1n) is 2.23. The highest BCUT2D eigenvalue weighted by Gasteiger charge is 1.97. The smallest absolute Gasteiger partial charge is 0.0280 e. The Balaban J connectivity index is 2.32. The minimum Gasteiger partial charge on any atom is -0.259 e. The van der Waals surface area contributed by atoms with Crippen LogP contribution >= 0.6 is 11.9 Å². The second-order valence-corrected chi connectivity index (χ2v) is 2.36. The van der Waals surface area contributed by atoms with E-state index < -0.39 is 0 Å². The average molecular weight is 116 g/mol. The second kappa shape index (κ2) is 2.35. The van der Waals surface area contributed by atoms with Gasteiger partial charge in [0.25, 0.3) is 0 Å². The van der Waals surface area contributed by atoms with Crippen molar-refractivity contribution in [3.63, 3.8) is 0 Å². The van der Waals surface area contributed by atoms with Crippen LogP contribution in [-0.2, 0) is 0 Å². The highest BCUT2D eigenvalue weighted by atomic mass is 32.2. The van der Waals surface area contributed by atoms with Crippen molar-refractivity contribution in [2.75, 3.05) is 6.54 Å². The standard InChI is InChI=1S/C4H8N2S/c5-6-3-1-2-4-7-6/h2,4H,1,3,5H2. The van der Waals surface area contributed by atoms with Crippen LogP contribution in [0.25, 0.3) is 0 Å². The van der Waals surface area contributed by atoms with Gasteiger partial charge in [-0.05, 0) is 23.8 Å². The van der Waals surface area contributed by atoms with Gasteiger partial charge in [-0.25, -0.2) is 0 Å². The van der Waals surface area contributed by atoms with Gasteiger partial charge in [-0.2, -0.15) is 4.41 Å². The maximum absolute atomic E-state index is 5.38. The van der Waals surface area contributed by atoms with Crippen molar-refractivity contribution in [3.05, 3.63) is 11.5 Å². The summed E-state index contributed by atoms with van der Waals surface area (Å²) < 4.78 is 1.72. The summed E-state index contributed by atoms with van der Waals surface area (Å²) >= 11 is 1.55. The van der Waals surface area contributed by atoms with Gasteiger partial charge in [0.2, 0.25) is 0 Å². The van der Waals surface area contributed by atoms with E-state index in [4.69, 9.17) is 5.84 Å². The summed E-state index contributed by atoms with van der Waals surface area (Å²) in [6.45, 7) is 0.973. The van der Waals surface area contributed by atoms with Crippen LogP contribution in [0, 0.1) is 0 Å². The number of hydrogen-bond acceptors (Lipinski definition) is 3. The van der Waals surface area contributed by atoms with Crippen molar-refractivity contribution in [2.45, 2.75) is 6.42 Å². The van der Waals surface area contributed by atoms with Crippen molar-refractivity contribution in [2.24, 2.45) is 5.84 Å². The zero-order chi connectivity index (χ0) is 5.11. The molecule has 0 aliphatic carbocycles. The monoisotopic (exact) mass is 116 g/mol.